The van der Waals surface area contributed by atoms with Gasteiger partial charge in [0.1, 0.15) is 5.60 Å². The fourth-order valence-corrected chi connectivity index (χ4v) is 2.74. The van der Waals surface area contributed by atoms with Crippen LogP contribution in [0, 0.1) is 5.92 Å². The van der Waals surface area contributed by atoms with E-state index in [9.17, 15) is 18.7 Å². The molecule has 22 heavy (non-hydrogen) atoms. The Morgan fingerprint density at radius 2 is 1.82 bits per heavy atom. The van der Waals surface area contributed by atoms with Crippen LogP contribution in [0.25, 0.3) is 0 Å². The molecule has 5 heteroatoms. The first-order valence-corrected chi connectivity index (χ1v) is 7.58. The van der Waals surface area contributed by atoms with Crippen LogP contribution in [-0.4, -0.2) is 24.6 Å². The molecule has 0 spiro atoms. The van der Waals surface area contributed by atoms with Crippen molar-refractivity contribution in [3.63, 3.8) is 0 Å². The highest BCUT2D eigenvalue weighted by Crippen LogP contribution is 2.38. The lowest BCUT2D eigenvalue weighted by atomic mass is 9.77. The lowest BCUT2D eigenvalue weighted by molar-refractivity contribution is -0.170. The molecule has 0 aliphatic rings. The van der Waals surface area contributed by atoms with Crippen LogP contribution in [0.3, 0.4) is 0 Å². The summed E-state index contributed by atoms with van der Waals surface area (Å²) in [5.41, 5.74) is -0.539. The first-order chi connectivity index (χ1) is 10.4. The fourth-order valence-electron chi connectivity index (χ4n) is 2.74. The number of aryl methyl sites for hydroxylation is 1. The Labute approximate surface area is 130 Å². The molecular formula is C17H24F2O3. The van der Waals surface area contributed by atoms with E-state index in [2.05, 4.69) is 4.74 Å². The standard InChI is InChI=1S/C17H24F2O3/c1-4-6-12-7-9-13(10-8-12)17(21,11-5-2)14(15(18)19)16(20)22-3/h7-10,14-15,21H,4-6,11H2,1-3H3. The highest BCUT2D eigenvalue weighted by Gasteiger charge is 2.48. The van der Waals surface area contributed by atoms with Crippen molar-refractivity contribution in [3.8, 4) is 0 Å². The van der Waals surface area contributed by atoms with Gasteiger partial charge in [-0.1, -0.05) is 51.0 Å². The first-order valence-electron chi connectivity index (χ1n) is 7.58. The summed E-state index contributed by atoms with van der Waals surface area (Å²) in [5.74, 6) is -2.99. The minimum atomic E-state index is -3.00. The van der Waals surface area contributed by atoms with Gasteiger partial charge in [-0.3, -0.25) is 4.79 Å². The number of aliphatic hydroxyl groups is 1. The van der Waals surface area contributed by atoms with E-state index < -0.39 is 23.9 Å². The number of rotatable bonds is 8. The van der Waals surface area contributed by atoms with Crippen LogP contribution in [-0.2, 0) is 21.6 Å². The van der Waals surface area contributed by atoms with E-state index in [1.54, 1.807) is 31.2 Å². The number of carbonyl (C=O) groups excluding carboxylic acids is 1. The van der Waals surface area contributed by atoms with Crippen molar-refractivity contribution in [2.24, 2.45) is 5.92 Å². The molecule has 0 fully saturated rings. The molecule has 0 aliphatic carbocycles. The van der Waals surface area contributed by atoms with E-state index in [1.807, 2.05) is 6.92 Å². The maximum atomic E-state index is 13.4. The molecule has 0 bridgehead atoms. The van der Waals surface area contributed by atoms with Gasteiger partial charge in [-0.25, -0.2) is 8.78 Å². The molecule has 0 heterocycles. The van der Waals surface area contributed by atoms with Gasteiger partial charge in [0, 0.05) is 0 Å². The predicted molar refractivity (Wildman–Crippen MR) is 80.8 cm³/mol. The quantitative estimate of drug-likeness (QED) is 0.745. The minimum absolute atomic E-state index is 0.0598. The molecule has 1 aromatic rings. The van der Waals surface area contributed by atoms with Gasteiger partial charge < -0.3 is 9.84 Å². The first kappa shape index (κ1) is 18.6. The third kappa shape index (κ3) is 4.03. The van der Waals surface area contributed by atoms with E-state index in [0.717, 1.165) is 25.5 Å². The molecule has 2 unspecified atom stereocenters. The van der Waals surface area contributed by atoms with Crippen LogP contribution in [0.1, 0.15) is 44.2 Å². The summed E-state index contributed by atoms with van der Waals surface area (Å²) >= 11 is 0. The minimum Gasteiger partial charge on any atom is -0.469 e. The molecule has 124 valence electrons. The number of esters is 1. The van der Waals surface area contributed by atoms with E-state index in [4.69, 9.17) is 0 Å². The molecular weight excluding hydrogens is 290 g/mol. The Balaban J connectivity index is 3.24. The number of benzene rings is 1. The van der Waals surface area contributed by atoms with Crippen molar-refractivity contribution in [2.75, 3.05) is 7.11 Å². The Morgan fingerprint density at radius 3 is 2.23 bits per heavy atom. The fraction of sp³-hybridized carbons (Fsp3) is 0.588. The summed E-state index contributed by atoms with van der Waals surface area (Å²) in [4.78, 5) is 11.8. The van der Waals surface area contributed by atoms with Gasteiger partial charge in [0.2, 0.25) is 0 Å². The third-order valence-electron chi connectivity index (χ3n) is 3.85. The van der Waals surface area contributed by atoms with Crippen molar-refractivity contribution in [2.45, 2.75) is 51.6 Å². The van der Waals surface area contributed by atoms with Crippen molar-refractivity contribution in [1.29, 1.82) is 0 Å². The number of methoxy groups -OCH3 is 1. The molecule has 1 aromatic carbocycles. The summed E-state index contributed by atoms with van der Waals surface area (Å²) in [5, 5.41) is 10.9. The van der Waals surface area contributed by atoms with E-state index in [0.29, 0.717) is 12.0 Å². The van der Waals surface area contributed by atoms with Crippen molar-refractivity contribution < 1.29 is 23.4 Å². The molecule has 1 rings (SSSR count). The summed E-state index contributed by atoms with van der Waals surface area (Å²) in [6, 6.07) is 6.86. The summed E-state index contributed by atoms with van der Waals surface area (Å²) in [6.45, 7) is 3.82. The average Bonchev–Trinajstić information content (AvgIpc) is 2.48. The smallest absolute Gasteiger partial charge is 0.317 e. The van der Waals surface area contributed by atoms with E-state index in [1.165, 1.54) is 0 Å². The average molecular weight is 314 g/mol. The zero-order valence-corrected chi connectivity index (χ0v) is 13.3. The van der Waals surface area contributed by atoms with Crippen molar-refractivity contribution >= 4 is 5.97 Å². The maximum Gasteiger partial charge on any atom is 0.317 e. The number of hydrogen-bond donors (Lipinski definition) is 1. The van der Waals surface area contributed by atoms with E-state index >= 15 is 0 Å². The number of carbonyl (C=O) groups is 1. The van der Waals surface area contributed by atoms with Gasteiger partial charge >= 0.3 is 5.97 Å². The summed E-state index contributed by atoms with van der Waals surface area (Å²) < 4.78 is 31.2. The molecule has 2 atom stereocenters. The Hall–Kier alpha value is -1.49. The second-order valence-corrected chi connectivity index (χ2v) is 5.46. The molecule has 0 amide bonds. The summed E-state index contributed by atoms with van der Waals surface area (Å²) in [6.07, 6.45) is -0.626. The van der Waals surface area contributed by atoms with Gasteiger partial charge in [0.15, 0.2) is 5.92 Å². The Kier molecular flexibility index (Phi) is 6.94. The highest BCUT2D eigenvalue weighted by atomic mass is 19.3. The van der Waals surface area contributed by atoms with E-state index in [-0.39, 0.29) is 6.42 Å². The summed E-state index contributed by atoms with van der Waals surface area (Å²) in [7, 11) is 1.05. The van der Waals surface area contributed by atoms with Crippen LogP contribution < -0.4 is 0 Å². The highest BCUT2D eigenvalue weighted by molar-refractivity contribution is 5.74. The largest absolute Gasteiger partial charge is 0.469 e. The van der Waals surface area contributed by atoms with Crippen molar-refractivity contribution in [1.82, 2.24) is 0 Å². The zero-order valence-electron chi connectivity index (χ0n) is 13.3. The SMILES string of the molecule is CCCc1ccc(C(O)(CCC)C(C(=O)OC)C(F)F)cc1. The lowest BCUT2D eigenvalue weighted by Crippen LogP contribution is -2.44. The number of ether oxygens (including phenoxy) is 1. The molecule has 1 N–H and O–H groups in total. The van der Waals surface area contributed by atoms with Crippen LogP contribution in [0.2, 0.25) is 0 Å². The van der Waals surface area contributed by atoms with Crippen LogP contribution in [0.5, 0.6) is 0 Å². The Bertz CT molecular complexity index is 473. The van der Waals surface area contributed by atoms with Gasteiger partial charge in [-0.2, -0.15) is 0 Å². The van der Waals surface area contributed by atoms with Gasteiger partial charge in [-0.05, 0) is 24.0 Å². The van der Waals surface area contributed by atoms with Crippen molar-refractivity contribution in [3.05, 3.63) is 35.4 Å². The maximum absolute atomic E-state index is 13.4. The topological polar surface area (TPSA) is 46.5 Å². The molecule has 0 aromatic heterocycles. The molecule has 0 saturated heterocycles. The van der Waals surface area contributed by atoms with Crippen LogP contribution in [0.4, 0.5) is 8.78 Å². The van der Waals surface area contributed by atoms with Gasteiger partial charge in [-0.15, -0.1) is 0 Å². The molecule has 3 nitrogen and oxygen atoms in total. The van der Waals surface area contributed by atoms with Crippen LogP contribution >= 0.6 is 0 Å². The monoisotopic (exact) mass is 314 g/mol. The number of halogens is 2. The Morgan fingerprint density at radius 1 is 1.23 bits per heavy atom. The molecule has 0 radical (unpaired) electrons. The third-order valence-corrected chi connectivity index (χ3v) is 3.85. The number of hydrogen-bond acceptors (Lipinski definition) is 3. The molecule has 0 saturated carbocycles. The number of alkyl halides is 2. The van der Waals surface area contributed by atoms with Crippen LogP contribution in [0.15, 0.2) is 24.3 Å². The lowest BCUT2D eigenvalue weighted by Gasteiger charge is -2.34. The predicted octanol–water partition coefficient (Wildman–Crippen LogP) is 3.68. The van der Waals surface area contributed by atoms with Gasteiger partial charge in [0.05, 0.1) is 7.11 Å². The second-order valence-electron chi connectivity index (χ2n) is 5.46. The zero-order chi connectivity index (χ0) is 16.8. The molecule has 0 aliphatic heterocycles. The second kappa shape index (κ2) is 8.22. The normalized spacial score (nSPS) is 15.4. The van der Waals surface area contributed by atoms with Gasteiger partial charge in [0.25, 0.3) is 6.43 Å².